The highest BCUT2D eigenvalue weighted by Gasteiger charge is 2.19. The van der Waals surface area contributed by atoms with Crippen molar-refractivity contribution in [2.45, 2.75) is 10.8 Å². The second-order valence-corrected chi connectivity index (χ2v) is 8.41. The molecule has 0 spiro atoms. The first-order chi connectivity index (χ1) is 8.94. The Hall–Kier alpha value is -0.410. The number of para-hydroxylation sites is 1. The molecule has 4 nitrogen and oxygen atoms in total. The van der Waals surface area contributed by atoms with Crippen molar-refractivity contribution in [3.8, 4) is 0 Å². The van der Waals surface area contributed by atoms with Crippen LogP contribution in [0.1, 0.15) is 4.88 Å². The van der Waals surface area contributed by atoms with Crippen molar-refractivity contribution < 1.29 is 8.42 Å². The minimum atomic E-state index is -3.59. The summed E-state index contributed by atoms with van der Waals surface area (Å²) in [5.41, 5.74) is 5.96. The summed E-state index contributed by atoms with van der Waals surface area (Å²) in [6.07, 6.45) is 0. The van der Waals surface area contributed by atoms with E-state index in [1.165, 1.54) is 0 Å². The molecule has 0 unspecified atom stereocenters. The fraction of sp³-hybridized carbons (Fsp3) is 0.0909. The van der Waals surface area contributed by atoms with Crippen molar-refractivity contribution in [1.82, 2.24) is 0 Å². The third-order valence-electron chi connectivity index (χ3n) is 2.30. The summed E-state index contributed by atoms with van der Waals surface area (Å²) >= 11 is 7.80. The number of halogens is 2. The molecule has 0 bridgehead atoms. The number of benzene rings is 1. The summed E-state index contributed by atoms with van der Waals surface area (Å²) in [5.74, 6) is 0. The molecule has 0 saturated carbocycles. The van der Waals surface area contributed by atoms with Crippen LogP contribution >= 0.6 is 43.2 Å². The zero-order valence-corrected chi connectivity index (χ0v) is 14.4. The van der Waals surface area contributed by atoms with Crippen LogP contribution in [0.15, 0.2) is 43.5 Å². The first-order valence-electron chi connectivity index (χ1n) is 5.19. The van der Waals surface area contributed by atoms with E-state index in [1.54, 1.807) is 24.3 Å². The predicted octanol–water partition coefficient (Wildman–Crippen LogP) is 3.53. The molecule has 1 heterocycles. The van der Waals surface area contributed by atoms with Crippen LogP contribution in [-0.4, -0.2) is 8.42 Å². The van der Waals surface area contributed by atoms with Crippen molar-refractivity contribution in [2.24, 2.45) is 5.73 Å². The Bertz CT molecular complexity index is 678. The monoisotopic (exact) mass is 424 g/mol. The molecule has 3 N–H and O–H groups in total. The summed E-state index contributed by atoms with van der Waals surface area (Å²) in [5, 5.41) is 0. The molecule has 0 saturated heterocycles. The maximum Gasteiger partial charge on any atom is 0.271 e. The van der Waals surface area contributed by atoms with Crippen LogP contribution in [0.2, 0.25) is 0 Å². The molecule has 0 atom stereocenters. The number of nitrogens with two attached hydrogens (primary N) is 1. The average molecular weight is 426 g/mol. The van der Waals surface area contributed by atoms with Crippen molar-refractivity contribution in [3.05, 3.63) is 44.2 Å². The maximum atomic E-state index is 12.3. The van der Waals surface area contributed by atoms with E-state index in [-0.39, 0.29) is 4.21 Å². The van der Waals surface area contributed by atoms with Gasteiger partial charge in [-0.15, -0.1) is 11.3 Å². The number of thiophene rings is 1. The first-order valence-corrected chi connectivity index (χ1v) is 9.08. The van der Waals surface area contributed by atoms with Gasteiger partial charge in [0.25, 0.3) is 10.0 Å². The fourth-order valence-electron chi connectivity index (χ4n) is 1.39. The third kappa shape index (κ3) is 3.38. The Morgan fingerprint density at radius 3 is 2.32 bits per heavy atom. The second-order valence-electron chi connectivity index (χ2n) is 3.63. The molecule has 0 amide bonds. The Morgan fingerprint density at radius 2 is 1.79 bits per heavy atom. The lowest BCUT2D eigenvalue weighted by Gasteiger charge is -2.10. The van der Waals surface area contributed by atoms with E-state index in [0.717, 1.165) is 16.2 Å². The molecular formula is C11H10Br2N2O2S2. The Balaban J connectivity index is 2.36. The van der Waals surface area contributed by atoms with Crippen molar-refractivity contribution in [2.75, 3.05) is 4.72 Å². The molecule has 0 aliphatic rings. The highest BCUT2D eigenvalue weighted by atomic mass is 79.9. The molecule has 0 radical (unpaired) electrons. The number of nitrogens with one attached hydrogen (secondary N) is 1. The van der Waals surface area contributed by atoms with Gasteiger partial charge in [-0.05, 0) is 56.1 Å². The van der Waals surface area contributed by atoms with Gasteiger partial charge in [0.15, 0.2) is 0 Å². The summed E-state index contributed by atoms with van der Waals surface area (Å²) in [7, 11) is -3.59. The lowest BCUT2D eigenvalue weighted by molar-refractivity contribution is 0.603. The van der Waals surface area contributed by atoms with E-state index in [9.17, 15) is 8.42 Å². The van der Waals surface area contributed by atoms with Crippen LogP contribution in [0, 0.1) is 0 Å². The largest absolute Gasteiger partial charge is 0.326 e. The van der Waals surface area contributed by atoms with Gasteiger partial charge in [0.1, 0.15) is 4.21 Å². The van der Waals surface area contributed by atoms with E-state index in [0.29, 0.717) is 21.2 Å². The zero-order valence-electron chi connectivity index (χ0n) is 9.56. The van der Waals surface area contributed by atoms with Gasteiger partial charge in [0.05, 0.1) is 5.69 Å². The maximum absolute atomic E-state index is 12.3. The van der Waals surface area contributed by atoms with E-state index in [1.807, 2.05) is 6.07 Å². The first kappa shape index (κ1) is 15.0. The van der Waals surface area contributed by atoms with Crippen LogP contribution in [0.4, 0.5) is 5.69 Å². The summed E-state index contributed by atoms with van der Waals surface area (Å²) < 4.78 is 28.6. The molecule has 0 aliphatic heterocycles. The molecule has 8 heteroatoms. The molecule has 0 fully saturated rings. The Kier molecular flexibility index (Phi) is 4.67. The van der Waals surface area contributed by atoms with Crippen LogP contribution in [0.5, 0.6) is 0 Å². The van der Waals surface area contributed by atoms with Gasteiger partial charge < -0.3 is 5.73 Å². The molecule has 2 aromatic rings. The minimum Gasteiger partial charge on any atom is -0.326 e. The topological polar surface area (TPSA) is 72.2 Å². The summed E-state index contributed by atoms with van der Waals surface area (Å²) in [4.78, 5) is 0.826. The van der Waals surface area contributed by atoms with Gasteiger partial charge in [-0.3, -0.25) is 4.72 Å². The Labute approximate surface area is 132 Å². The number of anilines is 1. The zero-order chi connectivity index (χ0) is 14.0. The van der Waals surface area contributed by atoms with Crippen molar-refractivity contribution >= 4 is 58.9 Å². The van der Waals surface area contributed by atoms with Gasteiger partial charge in [-0.25, -0.2) is 8.42 Å². The van der Waals surface area contributed by atoms with Crippen molar-refractivity contribution in [1.29, 1.82) is 0 Å². The molecule has 2 rings (SSSR count). The standard InChI is InChI=1S/C11H10Br2N2O2S2/c12-8-2-1-3-9(13)11(8)15-19(16,17)10-5-4-7(6-14)18-10/h1-5,15H,6,14H2. The van der Waals surface area contributed by atoms with Gasteiger partial charge in [-0.1, -0.05) is 6.07 Å². The summed E-state index contributed by atoms with van der Waals surface area (Å²) in [6, 6.07) is 8.61. The van der Waals surface area contributed by atoms with E-state index >= 15 is 0 Å². The number of hydrogen-bond acceptors (Lipinski definition) is 4. The lowest BCUT2D eigenvalue weighted by atomic mass is 10.3. The highest BCUT2D eigenvalue weighted by molar-refractivity contribution is 9.11. The van der Waals surface area contributed by atoms with Gasteiger partial charge in [0, 0.05) is 20.4 Å². The van der Waals surface area contributed by atoms with Gasteiger partial charge in [0.2, 0.25) is 0 Å². The van der Waals surface area contributed by atoms with Crippen LogP contribution < -0.4 is 10.5 Å². The molecule has 1 aromatic carbocycles. The summed E-state index contributed by atoms with van der Waals surface area (Å²) in [6.45, 7) is 0.332. The Morgan fingerprint density at radius 1 is 1.16 bits per heavy atom. The normalized spacial score (nSPS) is 11.5. The number of rotatable bonds is 4. The van der Waals surface area contributed by atoms with Crippen LogP contribution in [0.25, 0.3) is 0 Å². The predicted molar refractivity (Wildman–Crippen MR) is 84.9 cm³/mol. The van der Waals surface area contributed by atoms with Gasteiger partial charge in [-0.2, -0.15) is 0 Å². The second kappa shape index (κ2) is 5.92. The van der Waals surface area contributed by atoms with Crippen LogP contribution in [-0.2, 0) is 16.6 Å². The van der Waals surface area contributed by atoms with E-state index < -0.39 is 10.0 Å². The third-order valence-corrected chi connectivity index (χ3v) is 6.57. The molecule has 102 valence electrons. The number of sulfonamides is 1. The average Bonchev–Trinajstić information content (AvgIpc) is 2.83. The fourth-order valence-corrected chi connectivity index (χ4v) is 5.19. The lowest BCUT2D eigenvalue weighted by Crippen LogP contribution is -2.12. The number of hydrogen-bond donors (Lipinski definition) is 2. The molecule has 1 aromatic heterocycles. The molecular weight excluding hydrogens is 416 g/mol. The van der Waals surface area contributed by atoms with Crippen molar-refractivity contribution in [3.63, 3.8) is 0 Å². The van der Waals surface area contributed by atoms with E-state index in [4.69, 9.17) is 5.73 Å². The van der Waals surface area contributed by atoms with Gasteiger partial charge >= 0.3 is 0 Å². The molecule has 0 aliphatic carbocycles. The van der Waals surface area contributed by atoms with E-state index in [2.05, 4.69) is 36.6 Å². The molecule has 19 heavy (non-hydrogen) atoms. The highest BCUT2D eigenvalue weighted by Crippen LogP contribution is 2.33. The van der Waals surface area contributed by atoms with Crippen LogP contribution in [0.3, 0.4) is 0 Å². The SMILES string of the molecule is NCc1ccc(S(=O)(=O)Nc2c(Br)cccc2Br)s1. The quantitative estimate of drug-likeness (QED) is 0.786. The minimum absolute atomic E-state index is 0.246. The smallest absolute Gasteiger partial charge is 0.271 e.